The highest BCUT2D eigenvalue weighted by molar-refractivity contribution is 5.82. The van der Waals surface area contributed by atoms with E-state index in [9.17, 15) is 9.18 Å². The van der Waals surface area contributed by atoms with Gasteiger partial charge in [-0.05, 0) is 25.1 Å². The number of benzene rings is 1. The molecule has 0 aliphatic heterocycles. The van der Waals surface area contributed by atoms with Gasteiger partial charge in [0.05, 0.1) is 0 Å². The zero-order valence-electron chi connectivity index (χ0n) is 7.62. The van der Waals surface area contributed by atoms with E-state index in [1.807, 2.05) is 0 Å². The van der Waals surface area contributed by atoms with Crippen LogP contribution in [0.4, 0.5) is 14.9 Å². The molecule has 5 heteroatoms. The SMILES string of the molecule is C[C@H](N)c1cc(NC(=O)O)ccc1F. The molecule has 0 spiro atoms. The fourth-order valence-corrected chi connectivity index (χ4v) is 1.09. The van der Waals surface area contributed by atoms with Crippen molar-refractivity contribution in [2.24, 2.45) is 5.73 Å². The van der Waals surface area contributed by atoms with Crippen molar-refractivity contribution in [1.82, 2.24) is 0 Å². The molecule has 0 heterocycles. The number of anilines is 1. The highest BCUT2D eigenvalue weighted by Gasteiger charge is 2.08. The average molecular weight is 198 g/mol. The van der Waals surface area contributed by atoms with E-state index < -0.39 is 18.0 Å². The molecular weight excluding hydrogens is 187 g/mol. The fourth-order valence-electron chi connectivity index (χ4n) is 1.09. The molecule has 0 unspecified atom stereocenters. The molecule has 1 atom stereocenters. The molecular formula is C9H11FN2O2. The first-order chi connectivity index (χ1) is 6.50. The number of halogens is 1. The van der Waals surface area contributed by atoms with Crippen LogP contribution in [0.25, 0.3) is 0 Å². The summed E-state index contributed by atoms with van der Waals surface area (Å²) in [6.07, 6.45) is -1.19. The number of hydrogen-bond acceptors (Lipinski definition) is 2. The van der Waals surface area contributed by atoms with E-state index in [-0.39, 0.29) is 5.56 Å². The molecule has 1 aromatic carbocycles. The van der Waals surface area contributed by atoms with Crippen LogP contribution in [0.1, 0.15) is 18.5 Å². The zero-order chi connectivity index (χ0) is 10.7. The van der Waals surface area contributed by atoms with Gasteiger partial charge in [-0.15, -0.1) is 0 Å². The van der Waals surface area contributed by atoms with Gasteiger partial charge >= 0.3 is 6.09 Å². The Kier molecular flexibility index (Phi) is 3.03. The summed E-state index contributed by atoms with van der Waals surface area (Å²) >= 11 is 0. The minimum Gasteiger partial charge on any atom is -0.465 e. The van der Waals surface area contributed by atoms with Crippen molar-refractivity contribution < 1.29 is 14.3 Å². The first-order valence-electron chi connectivity index (χ1n) is 4.05. The lowest BCUT2D eigenvalue weighted by Gasteiger charge is -2.09. The average Bonchev–Trinajstić information content (AvgIpc) is 2.07. The Labute approximate surface area is 80.5 Å². The van der Waals surface area contributed by atoms with Crippen molar-refractivity contribution >= 4 is 11.8 Å². The molecule has 14 heavy (non-hydrogen) atoms. The second kappa shape index (κ2) is 4.06. The molecule has 0 aromatic heterocycles. The third-order valence-corrected chi connectivity index (χ3v) is 1.74. The van der Waals surface area contributed by atoms with E-state index in [4.69, 9.17) is 10.8 Å². The first-order valence-corrected chi connectivity index (χ1v) is 4.05. The Morgan fingerprint density at radius 1 is 1.64 bits per heavy atom. The highest BCUT2D eigenvalue weighted by Crippen LogP contribution is 2.19. The molecule has 0 fully saturated rings. The predicted molar refractivity (Wildman–Crippen MR) is 50.6 cm³/mol. The molecule has 0 bridgehead atoms. The Bertz CT molecular complexity index is 353. The quantitative estimate of drug-likeness (QED) is 0.679. The number of carbonyl (C=O) groups is 1. The van der Waals surface area contributed by atoms with Crippen molar-refractivity contribution in [3.8, 4) is 0 Å². The van der Waals surface area contributed by atoms with Crippen LogP contribution in [-0.4, -0.2) is 11.2 Å². The Hall–Kier alpha value is -1.62. The number of nitrogens with one attached hydrogen (secondary N) is 1. The van der Waals surface area contributed by atoms with Crippen molar-refractivity contribution in [3.63, 3.8) is 0 Å². The van der Waals surface area contributed by atoms with Gasteiger partial charge in [-0.25, -0.2) is 9.18 Å². The van der Waals surface area contributed by atoms with Gasteiger partial charge in [-0.2, -0.15) is 0 Å². The highest BCUT2D eigenvalue weighted by atomic mass is 19.1. The zero-order valence-corrected chi connectivity index (χ0v) is 7.62. The minimum absolute atomic E-state index is 0.288. The third kappa shape index (κ3) is 2.43. The van der Waals surface area contributed by atoms with Crippen molar-refractivity contribution in [2.75, 3.05) is 5.32 Å². The lowest BCUT2D eigenvalue weighted by Crippen LogP contribution is -2.11. The molecule has 1 amide bonds. The summed E-state index contributed by atoms with van der Waals surface area (Å²) in [5.41, 5.74) is 6.10. The van der Waals surface area contributed by atoms with Crippen LogP contribution in [0.3, 0.4) is 0 Å². The summed E-state index contributed by atoms with van der Waals surface area (Å²) in [5.74, 6) is -0.434. The van der Waals surface area contributed by atoms with Gasteiger partial charge in [0.1, 0.15) is 5.82 Å². The van der Waals surface area contributed by atoms with Crippen LogP contribution in [0, 0.1) is 5.82 Å². The third-order valence-electron chi connectivity index (χ3n) is 1.74. The maximum absolute atomic E-state index is 13.1. The Morgan fingerprint density at radius 3 is 2.79 bits per heavy atom. The van der Waals surface area contributed by atoms with Crippen LogP contribution in [0.2, 0.25) is 0 Å². The van der Waals surface area contributed by atoms with E-state index in [0.717, 1.165) is 0 Å². The topological polar surface area (TPSA) is 75.3 Å². The smallest absolute Gasteiger partial charge is 0.409 e. The second-order valence-electron chi connectivity index (χ2n) is 2.96. The Balaban J connectivity index is 3.00. The molecule has 0 saturated heterocycles. The molecule has 0 aliphatic carbocycles. The molecule has 1 aromatic rings. The van der Waals surface area contributed by atoms with Gasteiger partial charge in [0, 0.05) is 17.3 Å². The van der Waals surface area contributed by atoms with Crippen LogP contribution in [-0.2, 0) is 0 Å². The van der Waals surface area contributed by atoms with Crippen molar-refractivity contribution in [1.29, 1.82) is 0 Å². The molecule has 0 radical (unpaired) electrons. The first kappa shape index (κ1) is 10.5. The summed E-state index contributed by atoms with van der Waals surface area (Å²) in [6.45, 7) is 1.63. The summed E-state index contributed by atoms with van der Waals surface area (Å²) in [7, 11) is 0. The van der Waals surface area contributed by atoms with Crippen LogP contribution >= 0.6 is 0 Å². The molecule has 76 valence electrons. The monoisotopic (exact) mass is 198 g/mol. The maximum Gasteiger partial charge on any atom is 0.409 e. The number of hydrogen-bond donors (Lipinski definition) is 3. The number of nitrogens with two attached hydrogens (primary N) is 1. The van der Waals surface area contributed by atoms with Crippen LogP contribution < -0.4 is 11.1 Å². The van der Waals surface area contributed by atoms with E-state index >= 15 is 0 Å². The van der Waals surface area contributed by atoms with Gasteiger partial charge in [0.2, 0.25) is 0 Å². The number of carboxylic acid groups (broad SMARTS) is 1. The summed E-state index contributed by atoms with van der Waals surface area (Å²) in [6, 6.07) is 3.44. The summed E-state index contributed by atoms with van der Waals surface area (Å²) < 4.78 is 13.1. The molecule has 4 nitrogen and oxygen atoms in total. The van der Waals surface area contributed by atoms with Gasteiger partial charge in [-0.3, -0.25) is 5.32 Å². The molecule has 0 aliphatic rings. The van der Waals surface area contributed by atoms with Gasteiger partial charge in [-0.1, -0.05) is 0 Å². The van der Waals surface area contributed by atoms with Crippen molar-refractivity contribution in [3.05, 3.63) is 29.6 Å². The summed E-state index contributed by atoms with van der Waals surface area (Å²) in [4.78, 5) is 10.3. The Morgan fingerprint density at radius 2 is 2.29 bits per heavy atom. The number of rotatable bonds is 2. The second-order valence-corrected chi connectivity index (χ2v) is 2.96. The lowest BCUT2D eigenvalue weighted by molar-refractivity contribution is 0.209. The predicted octanol–water partition coefficient (Wildman–Crippen LogP) is 1.94. The molecule has 0 saturated carbocycles. The van der Waals surface area contributed by atoms with E-state index in [2.05, 4.69) is 5.32 Å². The lowest BCUT2D eigenvalue weighted by atomic mass is 10.1. The maximum atomic E-state index is 13.1. The van der Waals surface area contributed by atoms with Gasteiger partial charge < -0.3 is 10.8 Å². The van der Waals surface area contributed by atoms with E-state index in [0.29, 0.717) is 5.69 Å². The molecule has 4 N–H and O–H groups in total. The number of amides is 1. The normalized spacial score (nSPS) is 12.2. The molecule has 1 rings (SSSR count). The van der Waals surface area contributed by atoms with Crippen LogP contribution in [0.15, 0.2) is 18.2 Å². The standard InChI is InChI=1S/C9H11FN2O2/c1-5(11)7-4-6(12-9(13)14)2-3-8(7)10/h2-5,12H,11H2,1H3,(H,13,14)/t5-/m0/s1. The fraction of sp³-hybridized carbons (Fsp3) is 0.222. The summed E-state index contributed by atoms with van der Waals surface area (Å²) in [5, 5.41) is 10.6. The van der Waals surface area contributed by atoms with Crippen molar-refractivity contribution in [2.45, 2.75) is 13.0 Å². The van der Waals surface area contributed by atoms with E-state index in [1.165, 1.54) is 18.2 Å². The van der Waals surface area contributed by atoms with Crippen LogP contribution in [0.5, 0.6) is 0 Å². The van der Waals surface area contributed by atoms with Gasteiger partial charge in [0.15, 0.2) is 0 Å². The largest absolute Gasteiger partial charge is 0.465 e. The minimum atomic E-state index is -1.19. The van der Waals surface area contributed by atoms with E-state index in [1.54, 1.807) is 6.92 Å². The van der Waals surface area contributed by atoms with Gasteiger partial charge in [0.25, 0.3) is 0 Å².